The van der Waals surface area contributed by atoms with Gasteiger partial charge in [-0.3, -0.25) is 9.59 Å². The lowest BCUT2D eigenvalue weighted by atomic mass is 10.0. The van der Waals surface area contributed by atoms with Gasteiger partial charge in [-0.1, -0.05) is 12.1 Å². The first-order chi connectivity index (χ1) is 12.6. The fraction of sp³-hybridized carbons (Fsp3) is 0.368. The van der Waals surface area contributed by atoms with Gasteiger partial charge in [0.05, 0.1) is 12.0 Å². The van der Waals surface area contributed by atoms with E-state index in [4.69, 9.17) is 4.42 Å². The van der Waals surface area contributed by atoms with Crippen LogP contribution in [0.25, 0.3) is 0 Å². The zero-order valence-electron chi connectivity index (χ0n) is 14.3. The number of piperidine rings is 1. The molecule has 7 heteroatoms. The minimum absolute atomic E-state index is 0.00655. The Hall–Kier alpha value is -2.28. The molecule has 0 unspecified atom stereocenters. The second kappa shape index (κ2) is 8.89. The topological polar surface area (TPSA) is 62.6 Å². The lowest BCUT2D eigenvalue weighted by Gasteiger charge is -2.31. The number of furan rings is 1. The maximum atomic E-state index is 12.9. The van der Waals surface area contributed by atoms with Crippen molar-refractivity contribution in [3.8, 4) is 0 Å². The van der Waals surface area contributed by atoms with Gasteiger partial charge in [-0.25, -0.2) is 4.39 Å². The van der Waals surface area contributed by atoms with Gasteiger partial charge in [0, 0.05) is 24.9 Å². The molecule has 0 radical (unpaired) electrons. The van der Waals surface area contributed by atoms with Crippen LogP contribution >= 0.6 is 11.8 Å². The number of carbonyl (C=O) groups is 2. The molecular weight excluding hydrogens is 355 g/mol. The van der Waals surface area contributed by atoms with E-state index in [2.05, 4.69) is 5.32 Å². The van der Waals surface area contributed by atoms with Crippen molar-refractivity contribution in [1.29, 1.82) is 0 Å². The Morgan fingerprint density at radius 2 is 1.92 bits per heavy atom. The highest BCUT2D eigenvalue weighted by Gasteiger charge is 2.25. The first-order valence-corrected chi connectivity index (χ1v) is 9.71. The van der Waals surface area contributed by atoms with Crippen LogP contribution in [0.4, 0.5) is 4.39 Å². The maximum absolute atomic E-state index is 12.9. The first kappa shape index (κ1) is 18.5. The van der Waals surface area contributed by atoms with Crippen LogP contribution in [0, 0.1) is 5.82 Å². The molecule has 138 valence electrons. The molecule has 0 bridgehead atoms. The third kappa shape index (κ3) is 5.11. The zero-order chi connectivity index (χ0) is 18.4. The van der Waals surface area contributed by atoms with Crippen molar-refractivity contribution in [1.82, 2.24) is 10.2 Å². The molecule has 26 heavy (non-hydrogen) atoms. The van der Waals surface area contributed by atoms with Gasteiger partial charge in [-0.2, -0.15) is 0 Å². The predicted octanol–water partition coefficient (Wildman–Crippen LogP) is 3.07. The van der Waals surface area contributed by atoms with E-state index < -0.39 is 0 Å². The summed E-state index contributed by atoms with van der Waals surface area (Å²) in [6.07, 6.45) is 2.96. The average Bonchev–Trinajstić information content (AvgIpc) is 3.18. The van der Waals surface area contributed by atoms with Gasteiger partial charge in [0.1, 0.15) is 5.82 Å². The molecule has 1 saturated heterocycles. The smallest absolute Gasteiger partial charge is 0.289 e. The second-order valence-corrected chi connectivity index (χ2v) is 7.22. The normalized spacial score (nSPS) is 15.0. The van der Waals surface area contributed by atoms with E-state index in [9.17, 15) is 14.0 Å². The number of hydrogen-bond acceptors (Lipinski definition) is 4. The summed E-state index contributed by atoms with van der Waals surface area (Å²) in [5.41, 5.74) is 0.994. The third-order valence-corrected chi connectivity index (χ3v) is 5.30. The molecule has 1 aromatic carbocycles. The summed E-state index contributed by atoms with van der Waals surface area (Å²) >= 11 is 1.50. The van der Waals surface area contributed by atoms with Crippen molar-refractivity contribution in [2.75, 3.05) is 18.8 Å². The summed E-state index contributed by atoms with van der Waals surface area (Å²) in [6.45, 7) is 1.21. The van der Waals surface area contributed by atoms with Crippen LogP contribution in [0.15, 0.2) is 47.1 Å². The lowest BCUT2D eigenvalue weighted by molar-refractivity contribution is -0.119. The van der Waals surface area contributed by atoms with Gasteiger partial charge < -0.3 is 14.6 Å². The van der Waals surface area contributed by atoms with E-state index >= 15 is 0 Å². The summed E-state index contributed by atoms with van der Waals surface area (Å²) in [6, 6.07) is 9.76. The number of thioether (sulfide) groups is 1. The van der Waals surface area contributed by atoms with Crippen LogP contribution in [-0.2, 0) is 10.5 Å². The maximum Gasteiger partial charge on any atom is 0.289 e. The SMILES string of the molecule is O=C(CSCc1ccc(F)cc1)NC1CCN(C(=O)c2ccco2)CC1. The Morgan fingerprint density at radius 3 is 2.58 bits per heavy atom. The lowest BCUT2D eigenvalue weighted by Crippen LogP contribution is -2.46. The highest BCUT2D eigenvalue weighted by atomic mass is 32.2. The minimum Gasteiger partial charge on any atom is -0.459 e. The van der Waals surface area contributed by atoms with E-state index in [-0.39, 0.29) is 23.7 Å². The van der Waals surface area contributed by atoms with Crippen molar-refractivity contribution in [3.63, 3.8) is 0 Å². The predicted molar refractivity (Wildman–Crippen MR) is 98.3 cm³/mol. The van der Waals surface area contributed by atoms with E-state index in [0.717, 1.165) is 18.4 Å². The van der Waals surface area contributed by atoms with Crippen molar-refractivity contribution in [3.05, 3.63) is 59.8 Å². The minimum atomic E-state index is -0.256. The molecule has 1 fully saturated rings. The monoisotopic (exact) mass is 376 g/mol. The molecule has 2 heterocycles. The van der Waals surface area contributed by atoms with Crippen molar-refractivity contribution in [2.24, 2.45) is 0 Å². The van der Waals surface area contributed by atoms with Crippen molar-refractivity contribution in [2.45, 2.75) is 24.6 Å². The van der Waals surface area contributed by atoms with Crippen LogP contribution in [0.3, 0.4) is 0 Å². The molecule has 0 atom stereocenters. The number of hydrogen-bond donors (Lipinski definition) is 1. The summed E-state index contributed by atoms with van der Waals surface area (Å²) in [5.74, 6) is 1.02. The van der Waals surface area contributed by atoms with Gasteiger partial charge in [0.25, 0.3) is 5.91 Å². The molecule has 1 aromatic heterocycles. The Labute approximate surface area is 155 Å². The summed E-state index contributed by atoms with van der Waals surface area (Å²) in [7, 11) is 0. The van der Waals surface area contributed by atoms with Gasteiger partial charge in [-0.15, -0.1) is 11.8 Å². The van der Waals surface area contributed by atoms with Gasteiger partial charge in [-0.05, 0) is 42.7 Å². The zero-order valence-corrected chi connectivity index (χ0v) is 15.1. The van der Waals surface area contributed by atoms with Crippen LogP contribution in [0.1, 0.15) is 29.0 Å². The highest BCUT2D eigenvalue weighted by molar-refractivity contribution is 7.99. The average molecular weight is 376 g/mol. The molecule has 0 aliphatic carbocycles. The molecule has 1 N–H and O–H groups in total. The van der Waals surface area contributed by atoms with Crippen molar-refractivity contribution < 1.29 is 18.4 Å². The number of amides is 2. The second-order valence-electron chi connectivity index (χ2n) is 6.23. The standard InChI is InChI=1S/C19H21FN2O3S/c20-15-5-3-14(4-6-15)12-26-13-18(23)21-16-7-9-22(10-8-16)19(24)17-2-1-11-25-17/h1-6,11,16H,7-10,12-13H2,(H,21,23). The van der Waals surface area contributed by atoms with Crippen LogP contribution in [0.5, 0.6) is 0 Å². The third-order valence-electron chi connectivity index (χ3n) is 4.29. The molecular formula is C19H21FN2O3S. The summed E-state index contributed by atoms with van der Waals surface area (Å²) < 4.78 is 18.0. The largest absolute Gasteiger partial charge is 0.459 e. The Morgan fingerprint density at radius 1 is 1.19 bits per heavy atom. The Bertz CT molecular complexity index is 726. The van der Waals surface area contributed by atoms with Gasteiger partial charge in [0.2, 0.25) is 5.91 Å². The number of nitrogens with zero attached hydrogens (tertiary/aromatic N) is 1. The van der Waals surface area contributed by atoms with E-state index in [0.29, 0.717) is 30.4 Å². The number of nitrogens with one attached hydrogen (secondary N) is 1. The first-order valence-electron chi connectivity index (χ1n) is 8.56. The molecule has 1 aliphatic heterocycles. The van der Waals surface area contributed by atoms with Gasteiger partial charge in [0.15, 0.2) is 5.76 Å². The quantitative estimate of drug-likeness (QED) is 0.842. The number of halogens is 1. The molecule has 1 aliphatic rings. The number of carbonyl (C=O) groups excluding carboxylic acids is 2. The van der Waals surface area contributed by atoms with E-state index in [1.807, 2.05) is 0 Å². The summed E-state index contributed by atoms with van der Waals surface area (Å²) in [4.78, 5) is 26.0. The van der Waals surface area contributed by atoms with E-state index in [1.165, 1.54) is 30.2 Å². The number of benzene rings is 1. The van der Waals surface area contributed by atoms with Crippen LogP contribution in [-0.4, -0.2) is 41.6 Å². The molecule has 5 nitrogen and oxygen atoms in total. The number of likely N-dealkylation sites (tertiary alicyclic amines) is 1. The Kier molecular flexibility index (Phi) is 6.33. The fourth-order valence-electron chi connectivity index (χ4n) is 2.89. The molecule has 2 aromatic rings. The fourth-order valence-corrected chi connectivity index (χ4v) is 3.69. The van der Waals surface area contributed by atoms with Crippen LogP contribution in [0.2, 0.25) is 0 Å². The van der Waals surface area contributed by atoms with Gasteiger partial charge >= 0.3 is 0 Å². The van der Waals surface area contributed by atoms with Crippen LogP contribution < -0.4 is 5.32 Å². The van der Waals surface area contributed by atoms with Crippen molar-refractivity contribution >= 4 is 23.6 Å². The molecule has 0 saturated carbocycles. The molecule has 3 rings (SSSR count). The summed E-state index contributed by atoms with van der Waals surface area (Å²) in [5, 5.41) is 3.03. The Balaban J connectivity index is 1.35. The molecule has 2 amide bonds. The molecule has 0 spiro atoms. The number of rotatable bonds is 6. The highest BCUT2D eigenvalue weighted by Crippen LogP contribution is 2.16. The van der Waals surface area contributed by atoms with E-state index in [1.54, 1.807) is 29.2 Å².